The van der Waals surface area contributed by atoms with Gasteiger partial charge in [0, 0.05) is 0 Å². The molecule has 0 aliphatic carbocycles. The molecule has 162 valence electrons. The average Bonchev–Trinajstić information content (AvgIpc) is 3.34. The van der Waals surface area contributed by atoms with Gasteiger partial charge in [-0.25, -0.2) is 13.9 Å². The number of esters is 1. The fourth-order valence-corrected chi connectivity index (χ4v) is 3.62. The lowest BCUT2D eigenvalue weighted by Crippen LogP contribution is -2.44. The predicted molar refractivity (Wildman–Crippen MR) is 93.4 cm³/mol. The fourth-order valence-electron chi connectivity index (χ4n) is 3.25. The summed E-state index contributed by atoms with van der Waals surface area (Å²) in [5, 5.41) is 2.91. The van der Waals surface area contributed by atoms with Crippen LogP contribution in [0.15, 0.2) is 15.8 Å². The van der Waals surface area contributed by atoms with Crippen molar-refractivity contribution in [1.29, 1.82) is 0 Å². The monoisotopic (exact) mass is 437 g/mol. The summed E-state index contributed by atoms with van der Waals surface area (Å²) in [5.41, 5.74) is -2.12. The van der Waals surface area contributed by atoms with Gasteiger partial charge >= 0.3 is 19.5 Å². The average molecular weight is 437 g/mol. The van der Waals surface area contributed by atoms with Crippen LogP contribution in [0.25, 0.3) is 0 Å². The van der Waals surface area contributed by atoms with Crippen LogP contribution in [0.5, 0.6) is 0 Å². The maximum atomic E-state index is 14.1. The number of rotatable bonds is 7. The molecule has 0 saturated carbocycles. The second kappa shape index (κ2) is 8.86. The van der Waals surface area contributed by atoms with E-state index >= 15 is 0 Å². The SMILES string of the molecule is O=C(OCn1c(=O)c(F)cn([C@@H]2CO[C@H](COP(=O)(O)O)C2)c1=O)C1CCCN1. The van der Waals surface area contributed by atoms with E-state index < -0.39 is 62.4 Å². The summed E-state index contributed by atoms with van der Waals surface area (Å²) in [6, 6.07) is -1.22. The van der Waals surface area contributed by atoms with Gasteiger partial charge in [-0.1, -0.05) is 0 Å². The van der Waals surface area contributed by atoms with E-state index in [1.807, 2.05) is 0 Å². The van der Waals surface area contributed by atoms with Crippen LogP contribution in [0.3, 0.4) is 0 Å². The molecule has 3 N–H and O–H groups in total. The van der Waals surface area contributed by atoms with E-state index in [9.17, 15) is 23.3 Å². The number of phosphoric acid groups is 1. The normalized spacial score (nSPS) is 24.7. The van der Waals surface area contributed by atoms with Crippen molar-refractivity contribution in [3.63, 3.8) is 0 Å². The second-order valence-corrected chi connectivity index (χ2v) is 8.01. The standard InChI is InChI=1S/C15H21FN3O9P/c16-11-5-18(9-4-10(26-6-9)7-28-29(23,24)25)15(22)19(13(11)20)8-27-14(21)12-2-1-3-17-12/h5,9-10,12,17H,1-4,6-8H2,(H2,23,24,25)/t9-,10-,12?/m0/s1. The van der Waals surface area contributed by atoms with Gasteiger partial charge in [0.1, 0.15) is 6.04 Å². The summed E-state index contributed by atoms with van der Waals surface area (Å²) < 4.78 is 40.9. The predicted octanol–water partition coefficient (Wildman–Crippen LogP) is -1.16. The maximum Gasteiger partial charge on any atom is 0.469 e. The first-order chi connectivity index (χ1) is 13.7. The third-order valence-electron chi connectivity index (χ3n) is 4.72. The highest BCUT2D eigenvalue weighted by molar-refractivity contribution is 7.46. The first-order valence-electron chi connectivity index (χ1n) is 8.89. The van der Waals surface area contributed by atoms with Gasteiger partial charge in [0.2, 0.25) is 5.82 Å². The number of hydrogen-bond acceptors (Lipinski definition) is 8. The molecular weight excluding hydrogens is 416 g/mol. The van der Waals surface area contributed by atoms with Crippen molar-refractivity contribution in [2.75, 3.05) is 19.8 Å². The lowest BCUT2D eigenvalue weighted by molar-refractivity contribution is -0.149. The van der Waals surface area contributed by atoms with E-state index in [1.54, 1.807) is 0 Å². The van der Waals surface area contributed by atoms with Crippen molar-refractivity contribution in [2.45, 2.75) is 44.2 Å². The molecule has 2 aliphatic rings. The highest BCUT2D eigenvalue weighted by Gasteiger charge is 2.31. The summed E-state index contributed by atoms with van der Waals surface area (Å²) in [6.07, 6.45) is 1.47. The number of hydrogen-bond donors (Lipinski definition) is 3. The fraction of sp³-hybridized carbons (Fsp3) is 0.667. The van der Waals surface area contributed by atoms with Crippen LogP contribution in [-0.4, -0.2) is 56.8 Å². The van der Waals surface area contributed by atoms with Gasteiger partial charge in [-0.15, -0.1) is 0 Å². The van der Waals surface area contributed by atoms with Gasteiger partial charge in [-0.3, -0.25) is 18.7 Å². The van der Waals surface area contributed by atoms with Crippen LogP contribution in [0, 0.1) is 5.82 Å². The van der Waals surface area contributed by atoms with E-state index in [0.717, 1.165) is 17.2 Å². The van der Waals surface area contributed by atoms with Crippen LogP contribution < -0.4 is 16.6 Å². The second-order valence-electron chi connectivity index (χ2n) is 6.77. The first-order valence-corrected chi connectivity index (χ1v) is 10.4. The molecule has 3 rings (SSSR count). The molecule has 0 spiro atoms. The molecule has 3 atom stereocenters. The molecule has 29 heavy (non-hydrogen) atoms. The Hall–Kier alpha value is -1.89. The van der Waals surface area contributed by atoms with E-state index in [0.29, 0.717) is 17.5 Å². The zero-order valence-corrected chi connectivity index (χ0v) is 16.1. The Kier molecular flexibility index (Phi) is 6.66. The molecule has 2 saturated heterocycles. The molecule has 1 aromatic heterocycles. The molecule has 3 heterocycles. The maximum absolute atomic E-state index is 14.1. The first kappa shape index (κ1) is 21.8. The van der Waals surface area contributed by atoms with Gasteiger partial charge in [-0.2, -0.15) is 4.39 Å². The van der Waals surface area contributed by atoms with Crippen molar-refractivity contribution >= 4 is 13.8 Å². The van der Waals surface area contributed by atoms with Crippen LogP contribution >= 0.6 is 7.82 Å². The molecule has 1 aromatic rings. The molecule has 0 bridgehead atoms. The lowest BCUT2D eigenvalue weighted by atomic mass is 10.2. The molecular formula is C15H21FN3O9P. The number of phosphoric ester groups is 1. The van der Waals surface area contributed by atoms with Crippen LogP contribution in [-0.2, 0) is 30.1 Å². The van der Waals surface area contributed by atoms with Gasteiger partial charge in [0.05, 0.1) is 31.6 Å². The number of halogens is 1. The number of ether oxygens (including phenoxy) is 2. The van der Waals surface area contributed by atoms with Gasteiger partial charge in [-0.05, 0) is 25.8 Å². The lowest BCUT2D eigenvalue weighted by Gasteiger charge is -2.16. The van der Waals surface area contributed by atoms with Crippen LogP contribution in [0.2, 0.25) is 0 Å². The summed E-state index contributed by atoms with van der Waals surface area (Å²) in [6.45, 7) is -0.548. The Bertz CT molecular complexity index is 921. The topological polar surface area (TPSA) is 158 Å². The van der Waals surface area contributed by atoms with Crippen molar-refractivity contribution in [2.24, 2.45) is 0 Å². The smallest absolute Gasteiger partial charge is 0.442 e. The van der Waals surface area contributed by atoms with Crippen molar-refractivity contribution in [3.8, 4) is 0 Å². The molecule has 12 nitrogen and oxygen atoms in total. The van der Waals surface area contributed by atoms with E-state index in [4.69, 9.17) is 19.3 Å². The Morgan fingerprint density at radius 3 is 2.83 bits per heavy atom. The zero-order chi connectivity index (χ0) is 21.2. The Morgan fingerprint density at radius 1 is 1.41 bits per heavy atom. The van der Waals surface area contributed by atoms with E-state index in [1.165, 1.54) is 0 Å². The molecule has 0 amide bonds. The summed E-state index contributed by atoms with van der Waals surface area (Å²) in [7, 11) is -4.68. The van der Waals surface area contributed by atoms with E-state index in [2.05, 4.69) is 9.84 Å². The minimum Gasteiger partial charge on any atom is -0.442 e. The quantitative estimate of drug-likeness (QED) is 0.351. The van der Waals surface area contributed by atoms with Crippen LogP contribution in [0.1, 0.15) is 25.3 Å². The summed E-state index contributed by atoms with van der Waals surface area (Å²) in [5.74, 6) is -1.85. The number of aromatic nitrogens is 2. The summed E-state index contributed by atoms with van der Waals surface area (Å²) in [4.78, 5) is 54.1. The van der Waals surface area contributed by atoms with Crippen molar-refractivity contribution < 1.29 is 37.5 Å². The van der Waals surface area contributed by atoms with Crippen molar-refractivity contribution in [1.82, 2.24) is 14.5 Å². The molecule has 2 fully saturated rings. The largest absolute Gasteiger partial charge is 0.469 e. The van der Waals surface area contributed by atoms with Crippen LogP contribution in [0.4, 0.5) is 4.39 Å². The third-order valence-corrected chi connectivity index (χ3v) is 5.20. The van der Waals surface area contributed by atoms with Gasteiger partial charge in [0.15, 0.2) is 6.73 Å². The Labute approximate surface area is 163 Å². The minimum absolute atomic E-state index is 0.0570. The highest BCUT2D eigenvalue weighted by atomic mass is 31.2. The number of nitrogens with one attached hydrogen (secondary N) is 1. The summed E-state index contributed by atoms with van der Waals surface area (Å²) >= 11 is 0. The number of carbonyl (C=O) groups is 1. The van der Waals surface area contributed by atoms with Crippen molar-refractivity contribution in [3.05, 3.63) is 32.9 Å². The third kappa shape index (κ3) is 5.38. The Balaban J connectivity index is 1.72. The van der Waals surface area contributed by atoms with Gasteiger partial charge in [0.25, 0.3) is 5.56 Å². The zero-order valence-electron chi connectivity index (χ0n) is 15.2. The molecule has 2 aliphatic heterocycles. The molecule has 0 aromatic carbocycles. The highest BCUT2D eigenvalue weighted by Crippen LogP contribution is 2.37. The molecule has 1 unspecified atom stereocenters. The van der Waals surface area contributed by atoms with Gasteiger partial charge < -0.3 is 24.6 Å². The molecule has 0 radical (unpaired) electrons. The van der Waals surface area contributed by atoms with E-state index in [-0.39, 0.29) is 13.0 Å². The Morgan fingerprint density at radius 2 is 2.17 bits per heavy atom. The minimum atomic E-state index is -4.68. The molecule has 14 heteroatoms. The number of carbonyl (C=O) groups excluding carboxylic acids is 1. The number of nitrogens with zero attached hydrogens (tertiary/aromatic N) is 2.